The van der Waals surface area contributed by atoms with Gasteiger partial charge in [-0.3, -0.25) is 10.1 Å². The molecule has 5 heteroatoms. The SMILES string of the molecule is NCCCC[C@H]1C(O)N[C@@H](Cc2ccc3ccccc3c2)C(=O)N1Cc1ccc(-c2ccccc2)cc1. The summed E-state index contributed by atoms with van der Waals surface area (Å²) in [5, 5.41) is 16.7. The second-order valence-electron chi connectivity index (χ2n) is 9.93. The Morgan fingerprint density at radius 2 is 1.46 bits per heavy atom. The number of amides is 1. The van der Waals surface area contributed by atoms with Crippen LogP contribution in [0.25, 0.3) is 21.9 Å². The number of benzene rings is 4. The molecule has 4 N–H and O–H groups in total. The lowest BCUT2D eigenvalue weighted by Crippen LogP contribution is -2.65. The minimum atomic E-state index is -0.787. The molecule has 37 heavy (non-hydrogen) atoms. The van der Waals surface area contributed by atoms with Gasteiger partial charge in [-0.25, -0.2) is 0 Å². The van der Waals surface area contributed by atoms with Crippen molar-refractivity contribution in [3.05, 3.63) is 108 Å². The van der Waals surface area contributed by atoms with E-state index in [2.05, 4.69) is 72.0 Å². The Bertz CT molecular complexity index is 1320. The highest BCUT2D eigenvalue weighted by atomic mass is 16.3. The van der Waals surface area contributed by atoms with Crippen molar-refractivity contribution in [1.82, 2.24) is 10.2 Å². The van der Waals surface area contributed by atoms with Crippen LogP contribution in [0.1, 0.15) is 30.4 Å². The van der Waals surface area contributed by atoms with Crippen LogP contribution in [-0.2, 0) is 17.8 Å². The van der Waals surface area contributed by atoms with Gasteiger partial charge in [0.2, 0.25) is 5.91 Å². The van der Waals surface area contributed by atoms with E-state index in [1.54, 1.807) is 0 Å². The second-order valence-corrected chi connectivity index (χ2v) is 9.93. The van der Waals surface area contributed by atoms with Crippen molar-refractivity contribution in [2.45, 2.75) is 50.5 Å². The highest BCUT2D eigenvalue weighted by molar-refractivity contribution is 5.85. The normalized spacial score (nSPS) is 19.9. The Labute approximate surface area is 218 Å². The number of nitrogens with zero attached hydrogens (tertiary/aromatic N) is 1. The van der Waals surface area contributed by atoms with Gasteiger partial charge in [-0.1, -0.05) is 97.1 Å². The van der Waals surface area contributed by atoms with E-state index in [0.717, 1.165) is 40.5 Å². The Hall–Kier alpha value is -3.51. The minimum Gasteiger partial charge on any atom is -0.376 e. The maximum atomic E-state index is 13.8. The lowest BCUT2D eigenvalue weighted by atomic mass is 9.95. The number of hydrogen-bond donors (Lipinski definition) is 3. The molecule has 0 aliphatic carbocycles. The number of piperazine rings is 1. The average Bonchev–Trinajstić information content (AvgIpc) is 2.94. The first kappa shape index (κ1) is 25.2. The summed E-state index contributed by atoms with van der Waals surface area (Å²) >= 11 is 0. The van der Waals surface area contributed by atoms with Crippen LogP contribution in [0.3, 0.4) is 0 Å². The number of carbonyl (C=O) groups excluding carboxylic acids is 1. The molecular weight excluding hydrogens is 458 g/mol. The van der Waals surface area contributed by atoms with Gasteiger partial charge in [0.15, 0.2) is 0 Å². The van der Waals surface area contributed by atoms with Gasteiger partial charge < -0.3 is 15.7 Å². The number of nitrogens with one attached hydrogen (secondary N) is 1. The number of aliphatic hydroxyl groups excluding tert-OH is 1. The van der Waals surface area contributed by atoms with Crippen LogP contribution >= 0.6 is 0 Å². The van der Waals surface area contributed by atoms with Gasteiger partial charge in [0, 0.05) is 6.54 Å². The van der Waals surface area contributed by atoms with Gasteiger partial charge in [-0.15, -0.1) is 0 Å². The van der Waals surface area contributed by atoms with E-state index in [-0.39, 0.29) is 11.9 Å². The number of aliphatic hydroxyl groups is 1. The minimum absolute atomic E-state index is 0.0309. The standard InChI is InChI=1S/C32H35N3O2/c33-19-7-6-12-30-31(36)34-29(21-24-15-18-26-10-4-5-11-28(26)20-24)32(37)35(30)22-23-13-16-27(17-14-23)25-8-2-1-3-9-25/h1-5,8-11,13-18,20,29-31,34,36H,6-7,12,19,21-22,33H2/t29-,30-,31?/m0/s1. The smallest absolute Gasteiger partial charge is 0.240 e. The molecule has 1 amide bonds. The van der Waals surface area contributed by atoms with Crippen molar-refractivity contribution < 1.29 is 9.90 Å². The fraction of sp³-hybridized carbons (Fsp3) is 0.281. The summed E-state index contributed by atoms with van der Waals surface area (Å²) < 4.78 is 0. The van der Waals surface area contributed by atoms with Crippen molar-refractivity contribution in [2.75, 3.05) is 6.54 Å². The second kappa shape index (κ2) is 11.7. The van der Waals surface area contributed by atoms with E-state index in [9.17, 15) is 9.90 Å². The van der Waals surface area contributed by atoms with Crippen LogP contribution in [0.5, 0.6) is 0 Å². The first-order chi connectivity index (χ1) is 18.1. The molecule has 1 heterocycles. The zero-order valence-electron chi connectivity index (χ0n) is 21.1. The first-order valence-electron chi connectivity index (χ1n) is 13.2. The molecule has 4 aromatic carbocycles. The van der Waals surface area contributed by atoms with Gasteiger partial charge in [-0.2, -0.15) is 0 Å². The molecule has 0 saturated carbocycles. The third-order valence-corrected chi connectivity index (χ3v) is 7.34. The van der Waals surface area contributed by atoms with Gasteiger partial charge in [0.25, 0.3) is 0 Å². The first-order valence-corrected chi connectivity index (χ1v) is 13.2. The molecule has 5 rings (SSSR count). The van der Waals surface area contributed by atoms with Crippen molar-refractivity contribution in [3.63, 3.8) is 0 Å². The molecule has 1 aliphatic heterocycles. The molecular formula is C32H35N3O2. The topological polar surface area (TPSA) is 78.6 Å². The summed E-state index contributed by atoms with van der Waals surface area (Å²) in [7, 11) is 0. The van der Waals surface area contributed by atoms with E-state index in [1.807, 2.05) is 35.2 Å². The van der Waals surface area contributed by atoms with Crippen LogP contribution in [0.4, 0.5) is 0 Å². The van der Waals surface area contributed by atoms with Crippen LogP contribution in [-0.4, -0.2) is 40.8 Å². The largest absolute Gasteiger partial charge is 0.376 e. The van der Waals surface area contributed by atoms with Crippen LogP contribution in [0.15, 0.2) is 97.1 Å². The molecule has 3 atom stereocenters. The molecule has 0 radical (unpaired) electrons. The zero-order chi connectivity index (χ0) is 25.6. The Morgan fingerprint density at radius 1 is 0.784 bits per heavy atom. The van der Waals surface area contributed by atoms with Crippen LogP contribution < -0.4 is 11.1 Å². The molecule has 0 spiro atoms. The fourth-order valence-corrected chi connectivity index (χ4v) is 5.31. The van der Waals surface area contributed by atoms with Gasteiger partial charge in [0.1, 0.15) is 6.23 Å². The van der Waals surface area contributed by atoms with Gasteiger partial charge in [0.05, 0.1) is 12.1 Å². The lowest BCUT2D eigenvalue weighted by Gasteiger charge is -2.43. The number of carbonyl (C=O) groups is 1. The number of rotatable bonds is 9. The number of unbranched alkanes of at least 4 members (excludes halogenated alkanes) is 1. The summed E-state index contributed by atoms with van der Waals surface area (Å²) in [6.07, 6.45) is 2.19. The van der Waals surface area contributed by atoms with Gasteiger partial charge >= 0.3 is 0 Å². The van der Waals surface area contributed by atoms with Crippen molar-refractivity contribution in [1.29, 1.82) is 0 Å². The summed E-state index contributed by atoms with van der Waals surface area (Å²) in [5.41, 5.74) is 10.1. The molecule has 1 saturated heterocycles. The Kier molecular flexibility index (Phi) is 7.95. The molecule has 0 bridgehead atoms. The molecule has 1 aliphatic rings. The van der Waals surface area contributed by atoms with Crippen molar-refractivity contribution in [2.24, 2.45) is 5.73 Å². The van der Waals surface area contributed by atoms with E-state index >= 15 is 0 Å². The molecule has 1 fully saturated rings. The molecule has 190 valence electrons. The fourth-order valence-electron chi connectivity index (χ4n) is 5.31. The van der Waals surface area contributed by atoms with Crippen molar-refractivity contribution >= 4 is 16.7 Å². The van der Waals surface area contributed by atoms with E-state index in [0.29, 0.717) is 25.9 Å². The predicted molar refractivity (Wildman–Crippen MR) is 150 cm³/mol. The highest BCUT2D eigenvalue weighted by Gasteiger charge is 2.40. The quantitative estimate of drug-likeness (QED) is 0.291. The zero-order valence-corrected chi connectivity index (χ0v) is 21.1. The molecule has 4 aromatic rings. The summed E-state index contributed by atoms with van der Waals surface area (Å²) in [5.74, 6) is 0.0309. The molecule has 1 unspecified atom stereocenters. The highest BCUT2D eigenvalue weighted by Crippen LogP contribution is 2.25. The van der Waals surface area contributed by atoms with E-state index < -0.39 is 12.3 Å². The Balaban J connectivity index is 1.36. The monoisotopic (exact) mass is 493 g/mol. The lowest BCUT2D eigenvalue weighted by molar-refractivity contribution is -0.149. The van der Waals surface area contributed by atoms with Gasteiger partial charge in [-0.05, 0) is 65.3 Å². The predicted octanol–water partition coefficient (Wildman–Crippen LogP) is 4.87. The number of fused-ring (bicyclic) bond motifs is 1. The molecule has 0 aromatic heterocycles. The maximum Gasteiger partial charge on any atom is 0.240 e. The third-order valence-electron chi connectivity index (χ3n) is 7.34. The third kappa shape index (κ3) is 5.91. The molecule has 5 nitrogen and oxygen atoms in total. The summed E-state index contributed by atoms with van der Waals surface area (Å²) in [6.45, 7) is 1.07. The number of hydrogen-bond acceptors (Lipinski definition) is 4. The van der Waals surface area contributed by atoms with E-state index in [4.69, 9.17) is 5.73 Å². The van der Waals surface area contributed by atoms with Crippen LogP contribution in [0.2, 0.25) is 0 Å². The summed E-state index contributed by atoms with van der Waals surface area (Å²) in [4.78, 5) is 15.7. The average molecular weight is 494 g/mol. The van der Waals surface area contributed by atoms with E-state index in [1.165, 1.54) is 5.39 Å². The van der Waals surface area contributed by atoms with Crippen molar-refractivity contribution in [3.8, 4) is 11.1 Å². The Morgan fingerprint density at radius 3 is 2.22 bits per heavy atom. The maximum absolute atomic E-state index is 13.8. The van der Waals surface area contributed by atoms with Crippen LogP contribution in [0, 0.1) is 0 Å². The number of nitrogens with two attached hydrogens (primary N) is 1. The summed E-state index contributed by atoms with van der Waals surface area (Å²) in [6, 6.07) is 32.4.